The van der Waals surface area contributed by atoms with Crippen LogP contribution in [-0.4, -0.2) is 88.7 Å². The van der Waals surface area contributed by atoms with E-state index in [2.05, 4.69) is 21.9 Å². The van der Waals surface area contributed by atoms with Crippen molar-refractivity contribution < 1.29 is 37.1 Å². The van der Waals surface area contributed by atoms with E-state index < -0.39 is 68.7 Å². The number of nitrogens with zero attached hydrogens (tertiary/aromatic N) is 3. The van der Waals surface area contributed by atoms with Gasteiger partial charge in [-0.15, -0.1) is 6.58 Å². The average Bonchev–Trinajstić information content (AvgIpc) is 3.95. The van der Waals surface area contributed by atoms with Crippen LogP contribution < -0.4 is 20.1 Å². The lowest BCUT2D eigenvalue weighted by Gasteiger charge is -2.32. The van der Waals surface area contributed by atoms with Gasteiger partial charge in [0.2, 0.25) is 27.7 Å². The molecule has 3 heterocycles. The lowest BCUT2D eigenvalue weighted by molar-refractivity contribution is -0.142. The van der Waals surface area contributed by atoms with Crippen LogP contribution in [-0.2, 0) is 35.6 Å². The molecule has 4 saturated carbocycles. The van der Waals surface area contributed by atoms with Gasteiger partial charge < -0.3 is 25.0 Å². The van der Waals surface area contributed by atoms with Gasteiger partial charge in [-0.05, 0) is 94.6 Å². The van der Waals surface area contributed by atoms with Crippen molar-refractivity contribution in [3.05, 3.63) is 42.6 Å². The van der Waals surface area contributed by atoms with Crippen molar-refractivity contribution in [2.75, 3.05) is 6.54 Å². The number of carbonyl (C=O) groups excluding carboxylic acids is 4. The van der Waals surface area contributed by atoms with Gasteiger partial charge >= 0.3 is 6.09 Å². The summed E-state index contributed by atoms with van der Waals surface area (Å²) in [5.74, 6) is -1.88. The van der Waals surface area contributed by atoms with Gasteiger partial charge in [0.1, 0.15) is 35.5 Å². The minimum Gasteiger partial charge on any atom is -0.471 e. The van der Waals surface area contributed by atoms with Crippen LogP contribution >= 0.6 is 0 Å². The van der Waals surface area contributed by atoms with Crippen molar-refractivity contribution in [2.45, 2.75) is 138 Å². The Morgan fingerprint density at radius 2 is 1.62 bits per heavy atom. The maximum absolute atomic E-state index is 14.8. The number of sulfonamides is 1. The molecule has 296 valence electrons. The lowest BCUT2D eigenvalue weighted by atomic mass is 9.96. The van der Waals surface area contributed by atoms with E-state index in [9.17, 15) is 27.6 Å². The molecule has 1 saturated heterocycles. The number of fused-ring (bicyclic) bond motifs is 5. The van der Waals surface area contributed by atoms with E-state index in [1.165, 1.54) is 11.0 Å². The summed E-state index contributed by atoms with van der Waals surface area (Å²) in [6, 6.07) is 5.56. The molecule has 4 amide bonds. The van der Waals surface area contributed by atoms with Crippen LogP contribution in [0.2, 0.25) is 0 Å². The summed E-state index contributed by atoms with van der Waals surface area (Å²) in [7, 11) is -3.89. The molecular formula is C40H52N6O8S. The Hall–Kier alpha value is -4.27. The molecule has 0 spiro atoms. The first-order valence-electron chi connectivity index (χ1n) is 20.2. The van der Waals surface area contributed by atoms with Crippen LogP contribution in [0.25, 0.3) is 11.0 Å². The Bertz CT molecular complexity index is 1950. The molecule has 4 aliphatic carbocycles. The van der Waals surface area contributed by atoms with Crippen LogP contribution in [0.5, 0.6) is 5.88 Å². The fraction of sp³-hybridized carbons (Fsp3) is 0.650. The van der Waals surface area contributed by atoms with E-state index in [1.54, 1.807) is 0 Å². The molecule has 6 aliphatic rings. The van der Waals surface area contributed by atoms with E-state index in [0.29, 0.717) is 36.4 Å². The minimum absolute atomic E-state index is 0.0235. The summed E-state index contributed by atoms with van der Waals surface area (Å²) in [6.45, 7) is 3.84. The molecular weight excluding hydrogens is 725 g/mol. The van der Waals surface area contributed by atoms with Gasteiger partial charge in [0, 0.05) is 12.3 Å². The van der Waals surface area contributed by atoms with Gasteiger partial charge in [0.25, 0.3) is 5.91 Å². The quantitative estimate of drug-likeness (QED) is 0.344. The largest absolute Gasteiger partial charge is 0.471 e. The van der Waals surface area contributed by atoms with Gasteiger partial charge in [-0.1, -0.05) is 43.9 Å². The molecule has 2 bridgehead atoms. The van der Waals surface area contributed by atoms with Crippen LogP contribution in [0.3, 0.4) is 0 Å². The third kappa shape index (κ3) is 7.90. The predicted octanol–water partition coefficient (Wildman–Crippen LogP) is 4.22. The second kappa shape index (κ2) is 15.3. The Morgan fingerprint density at radius 3 is 2.35 bits per heavy atom. The normalized spacial score (nSPS) is 31.9. The maximum Gasteiger partial charge on any atom is 0.408 e. The third-order valence-electron chi connectivity index (χ3n) is 12.7. The summed E-state index contributed by atoms with van der Waals surface area (Å²) < 4.78 is 40.4. The molecule has 0 radical (unpaired) electrons. The molecule has 7 atom stereocenters. The fourth-order valence-corrected chi connectivity index (χ4v) is 10.7. The number of ether oxygens (including phenoxy) is 2. The number of carbonyl (C=O) groups is 4. The molecule has 55 heavy (non-hydrogen) atoms. The van der Waals surface area contributed by atoms with E-state index in [1.807, 2.05) is 24.3 Å². The van der Waals surface area contributed by atoms with Crippen LogP contribution in [0.1, 0.15) is 102 Å². The van der Waals surface area contributed by atoms with Crippen molar-refractivity contribution in [1.29, 1.82) is 0 Å². The summed E-state index contributed by atoms with van der Waals surface area (Å²) in [6.07, 6.45) is 11.7. The minimum atomic E-state index is -3.89. The van der Waals surface area contributed by atoms with E-state index >= 15 is 0 Å². The standard InChI is InChI=1S/C40H52N6O8S/c1-2-26-22-40(26,38(49)45-55(51,52)28-19-20-28)44-35(47)32-21-27-23-46(32)37(48)34(25-12-6-7-13-25)43-39(50)54-33-18-10-14-24(33)11-4-3-5-17-31-36(53-27)42-30-16-9-8-15-29(30)41-31/h2,8-9,15-16,24-28,32-34H,1,3-7,10-14,17-23H2,(H,43,50)(H,44,47)(H,45,49)/t24-,26+,27-,32+,33-,34+,40-/m1/s1. The Labute approximate surface area is 322 Å². The number of hydrogen-bond acceptors (Lipinski definition) is 10. The first-order chi connectivity index (χ1) is 26.5. The van der Waals surface area contributed by atoms with E-state index in [-0.39, 0.29) is 37.3 Å². The van der Waals surface area contributed by atoms with Crippen LogP contribution in [0, 0.1) is 17.8 Å². The van der Waals surface area contributed by atoms with E-state index in [0.717, 1.165) is 76.1 Å². The lowest BCUT2D eigenvalue weighted by Crippen LogP contribution is -2.59. The van der Waals surface area contributed by atoms with E-state index in [4.69, 9.17) is 19.4 Å². The highest BCUT2D eigenvalue weighted by Gasteiger charge is 2.62. The number of aromatic nitrogens is 2. The predicted molar refractivity (Wildman–Crippen MR) is 202 cm³/mol. The van der Waals surface area contributed by atoms with Crippen LogP contribution in [0.4, 0.5) is 4.79 Å². The van der Waals surface area contributed by atoms with Crippen molar-refractivity contribution in [1.82, 2.24) is 30.2 Å². The summed E-state index contributed by atoms with van der Waals surface area (Å²) in [5, 5.41) is 5.18. The number of nitrogens with one attached hydrogen (secondary N) is 3. The topological polar surface area (TPSA) is 186 Å². The molecule has 14 nitrogen and oxygen atoms in total. The van der Waals surface area contributed by atoms with Crippen molar-refractivity contribution in [3.63, 3.8) is 0 Å². The van der Waals surface area contributed by atoms with Gasteiger partial charge in [0.05, 0.1) is 22.8 Å². The molecule has 5 fully saturated rings. The number of amides is 4. The number of para-hydroxylation sites is 2. The Balaban J connectivity index is 1.12. The third-order valence-corrected chi connectivity index (χ3v) is 14.5. The Morgan fingerprint density at radius 1 is 0.909 bits per heavy atom. The van der Waals surface area contributed by atoms with Gasteiger partial charge in [0.15, 0.2) is 0 Å². The second-order valence-corrected chi connectivity index (χ2v) is 18.5. The molecule has 1 aromatic carbocycles. The molecule has 1 aromatic heterocycles. The highest BCUT2D eigenvalue weighted by Crippen LogP contribution is 2.46. The fourth-order valence-electron chi connectivity index (χ4n) is 9.34. The van der Waals surface area contributed by atoms with Gasteiger partial charge in [-0.2, -0.15) is 0 Å². The molecule has 8 rings (SSSR count). The average molecular weight is 777 g/mol. The monoisotopic (exact) mass is 776 g/mol. The molecule has 3 N–H and O–H groups in total. The number of hydrogen-bond donors (Lipinski definition) is 3. The first kappa shape index (κ1) is 37.6. The van der Waals surface area contributed by atoms with Gasteiger partial charge in [-0.3, -0.25) is 19.1 Å². The van der Waals surface area contributed by atoms with Crippen molar-refractivity contribution in [3.8, 4) is 5.88 Å². The Kier molecular flexibility index (Phi) is 10.5. The molecule has 0 unspecified atom stereocenters. The first-order valence-corrected chi connectivity index (χ1v) is 21.8. The number of benzene rings is 1. The molecule has 15 heteroatoms. The molecule has 2 aromatic rings. The van der Waals surface area contributed by atoms with Crippen molar-refractivity contribution in [2.24, 2.45) is 17.8 Å². The van der Waals surface area contributed by atoms with Gasteiger partial charge in [-0.25, -0.2) is 23.2 Å². The second-order valence-electron chi connectivity index (χ2n) is 16.5. The zero-order valence-electron chi connectivity index (χ0n) is 31.2. The number of rotatable bonds is 7. The zero-order valence-corrected chi connectivity index (χ0v) is 32.1. The SMILES string of the molecule is C=C[C@H]1C[C@]1(NC(=O)[C@@H]1C[C@@H]2CN1C(=O)[C@H](C1CCCC1)NC(=O)O[C@@H]1CCC[C@H]1CCCCCc1nc3ccccc3nc1O2)C(=O)NS(=O)(=O)C1CC1. The summed E-state index contributed by atoms with van der Waals surface area (Å²) >= 11 is 0. The summed E-state index contributed by atoms with van der Waals surface area (Å²) in [4.78, 5) is 67.7. The smallest absolute Gasteiger partial charge is 0.408 e. The van der Waals surface area contributed by atoms with Crippen LogP contribution in [0.15, 0.2) is 36.9 Å². The maximum atomic E-state index is 14.8. The zero-order chi connectivity index (χ0) is 38.3. The van der Waals surface area contributed by atoms with Crippen molar-refractivity contribution >= 4 is 44.9 Å². The number of aryl methyl sites for hydroxylation is 1. The summed E-state index contributed by atoms with van der Waals surface area (Å²) in [5.41, 5.74) is 0.603. The molecule has 2 aliphatic heterocycles. The highest BCUT2D eigenvalue weighted by molar-refractivity contribution is 7.91. The number of alkyl carbamates (subject to hydrolysis) is 1. The highest BCUT2D eigenvalue weighted by atomic mass is 32.2.